The van der Waals surface area contributed by atoms with Gasteiger partial charge >= 0.3 is 0 Å². The van der Waals surface area contributed by atoms with Gasteiger partial charge in [-0.3, -0.25) is 14.4 Å². The van der Waals surface area contributed by atoms with E-state index in [1.807, 2.05) is 44.2 Å². The Morgan fingerprint density at radius 1 is 1.14 bits per heavy atom. The monoisotopic (exact) mass is 379 g/mol. The molecule has 1 aromatic heterocycles. The second-order valence-electron chi connectivity index (χ2n) is 8.74. The zero-order valence-electron chi connectivity index (χ0n) is 16.2. The number of Topliss-reactive ketones (excluding diaryl/α,β-unsaturated/α-hetero) is 1. The molecule has 146 valence electrons. The maximum Gasteiger partial charge on any atom is 0.261 e. The van der Waals surface area contributed by atoms with Crippen LogP contribution in [-0.2, 0) is 6.42 Å². The molecule has 4 rings (SSSR count). The SMILES string of the molecule is CC1(C)CC(=O)c2cc(C(=O)N3C[C@@H](N)[C@H](c4ccccc4)C3)c(=O)[nH]c2C1. The number of aromatic nitrogens is 1. The second-order valence-corrected chi connectivity index (χ2v) is 8.74. The molecule has 28 heavy (non-hydrogen) atoms. The number of aromatic amines is 1. The van der Waals surface area contributed by atoms with E-state index in [2.05, 4.69) is 4.98 Å². The van der Waals surface area contributed by atoms with Crippen LogP contribution in [-0.4, -0.2) is 40.7 Å². The van der Waals surface area contributed by atoms with Gasteiger partial charge in [-0.05, 0) is 23.5 Å². The molecule has 0 spiro atoms. The fraction of sp³-hybridized carbons (Fsp3) is 0.409. The summed E-state index contributed by atoms with van der Waals surface area (Å²) in [7, 11) is 0. The lowest BCUT2D eigenvalue weighted by atomic mass is 9.75. The van der Waals surface area contributed by atoms with Crippen molar-refractivity contribution in [1.82, 2.24) is 9.88 Å². The molecule has 2 aromatic rings. The summed E-state index contributed by atoms with van der Waals surface area (Å²) < 4.78 is 0. The molecule has 1 aliphatic carbocycles. The Bertz CT molecular complexity index is 994. The van der Waals surface area contributed by atoms with E-state index in [1.54, 1.807) is 4.90 Å². The normalized spacial score (nSPS) is 23.5. The third-order valence-corrected chi connectivity index (χ3v) is 5.83. The molecule has 3 N–H and O–H groups in total. The fourth-order valence-electron chi connectivity index (χ4n) is 4.40. The van der Waals surface area contributed by atoms with Crippen molar-refractivity contribution in [2.24, 2.45) is 11.1 Å². The minimum Gasteiger partial charge on any atom is -0.336 e. The summed E-state index contributed by atoms with van der Waals surface area (Å²) in [5.74, 6) is -0.364. The van der Waals surface area contributed by atoms with Gasteiger partial charge < -0.3 is 15.6 Å². The Labute approximate surface area is 163 Å². The Hall–Kier alpha value is -2.73. The summed E-state index contributed by atoms with van der Waals surface area (Å²) >= 11 is 0. The molecule has 1 amide bonds. The summed E-state index contributed by atoms with van der Waals surface area (Å²) in [6.45, 7) is 4.85. The molecule has 1 saturated heterocycles. The number of benzene rings is 1. The first-order chi connectivity index (χ1) is 13.2. The van der Waals surface area contributed by atoms with Crippen LogP contribution in [0.25, 0.3) is 0 Å². The van der Waals surface area contributed by atoms with Crippen LogP contribution in [0.2, 0.25) is 0 Å². The van der Waals surface area contributed by atoms with Crippen molar-refractivity contribution in [1.29, 1.82) is 0 Å². The summed E-state index contributed by atoms with van der Waals surface area (Å²) in [6, 6.07) is 11.1. The number of nitrogens with two attached hydrogens (primary N) is 1. The topological polar surface area (TPSA) is 96.3 Å². The minimum absolute atomic E-state index is 0.0210. The zero-order chi connectivity index (χ0) is 20.1. The lowest BCUT2D eigenvalue weighted by Gasteiger charge is -2.30. The van der Waals surface area contributed by atoms with Crippen molar-refractivity contribution in [3.8, 4) is 0 Å². The predicted molar refractivity (Wildman–Crippen MR) is 107 cm³/mol. The number of hydrogen-bond acceptors (Lipinski definition) is 4. The number of carbonyl (C=O) groups is 2. The number of ketones is 1. The highest BCUT2D eigenvalue weighted by atomic mass is 16.2. The van der Waals surface area contributed by atoms with Gasteiger partial charge in [-0.15, -0.1) is 0 Å². The highest BCUT2D eigenvalue weighted by Gasteiger charge is 2.37. The van der Waals surface area contributed by atoms with Gasteiger partial charge in [-0.2, -0.15) is 0 Å². The van der Waals surface area contributed by atoms with Crippen LogP contribution in [0.15, 0.2) is 41.2 Å². The van der Waals surface area contributed by atoms with Crippen LogP contribution < -0.4 is 11.3 Å². The molecular weight excluding hydrogens is 354 g/mol. The Morgan fingerprint density at radius 3 is 2.57 bits per heavy atom. The number of amides is 1. The van der Waals surface area contributed by atoms with Gasteiger partial charge in [0.25, 0.3) is 11.5 Å². The quantitative estimate of drug-likeness (QED) is 0.835. The van der Waals surface area contributed by atoms with Gasteiger partial charge in [0.2, 0.25) is 0 Å². The van der Waals surface area contributed by atoms with Crippen molar-refractivity contribution < 1.29 is 9.59 Å². The molecule has 6 heteroatoms. The van der Waals surface area contributed by atoms with Gasteiger partial charge in [-0.25, -0.2) is 0 Å². The number of hydrogen-bond donors (Lipinski definition) is 2. The highest BCUT2D eigenvalue weighted by Crippen LogP contribution is 2.34. The number of nitrogens with one attached hydrogen (secondary N) is 1. The first kappa shape index (κ1) is 18.6. The van der Waals surface area contributed by atoms with E-state index in [4.69, 9.17) is 5.73 Å². The third kappa shape index (κ3) is 3.29. The summed E-state index contributed by atoms with van der Waals surface area (Å²) in [5, 5.41) is 0. The summed E-state index contributed by atoms with van der Waals surface area (Å²) in [4.78, 5) is 42.6. The van der Waals surface area contributed by atoms with E-state index in [-0.39, 0.29) is 34.6 Å². The summed E-state index contributed by atoms with van der Waals surface area (Å²) in [6.07, 6.45) is 1.02. The molecule has 1 aliphatic heterocycles. The molecule has 2 heterocycles. The van der Waals surface area contributed by atoms with E-state index >= 15 is 0 Å². The van der Waals surface area contributed by atoms with Crippen LogP contribution in [0.3, 0.4) is 0 Å². The van der Waals surface area contributed by atoms with Gasteiger partial charge in [0.1, 0.15) is 5.56 Å². The van der Waals surface area contributed by atoms with Crippen LogP contribution >= 0.6 is 0 Å². The smallest absolute Gasteiger partial charge is 0.261 e. The predicted octanol–water partition coefficient (Wildman–Crippen LogP) is 2.10. The number of fused-ring (bicyclic) bond motifs is 1. The van der Waals surface area contributed by atoms with E-state index < -0.39 is 5.56 Å². The maximum atomic E-state index is 13.0. The Morgan fingerprint density at radius 2 is 1.86 bits per heavy atom. The van der Waals surface area contributed by atoms with Gasteiger partial charge in [0.15, 0.2) is 5.78 Å². The second kappa shape index (κ2) is 6.71. The van der Waals surface area contributed by atoms with Crippen LogP contribution in [0.5, 0.6) is 0 Å². The van der Waals surface area contributed by atoms with E-state index in [0.717, 1.165) is 5.56 Å². The molecule has 1 fully saturated rings. The lowest BCUT2D eigenvalue weighted by molar-refractivity contribution is 0.0787. The van der Waals surface area contributed by atoms with Crippen molar-refractivity contribution in [3.63, 3.8) is 0 Å². The molecule has 0 unspecified atom stereocenters. The maximum absolute atomic E-state index is 13.0. The van der Waals surface area contributed by atoms with Crippen molar-refractivity contribution in [3.05, 3.63) is 69.1 Å². The molecule has 0 saturated carbocycles. The molecular formula is C22H25N3O3. The Kier molecular flexibility index (Phi) is 4.46. The van der Waals surface area contributed by atoms with Crippen LogP contribution in [0, 0.1) is 5.41 Å². The first-order valence-corrected chi connectivity index (χ1v) is 9.64. The van der Waals surface area contributed by atoms with E-state index in [0.29, 0.717) is 37.2 Å². The van der Waals surface area contributed by atoms with Gasteiger partial charge in [-0.1, -0.05) is 44.2 Å². The largest absolute Gasteiger partial charge is 0.336 e. The van der Waals surface area contributed by atoms with Crippen LogP contribution in [0.1, 0.15) is 58.2 Å². The molecule has 2 atom stereocenters. The van der Waals surface area contributed by atoms with E-state index in [1.165, 1.54) is 6.07 Å². The van der Waals surface area contributed by atoms with Crippen LogP contribution in [0.4, 0.5) is 0 Å². The first-order valence-electron chi connectivity index (χ1n) is 9.64. The van der Waals surface area contributed by atoms with Crippen molar-refractivity contribution in [2.45, 2.75) is 38.6 Å². The molecule has 0 radical (unpaired) electrons. The highest BCUT2D eigenvalue weighted by molar-refractivity contribution is 6.02. The Balaban J connectivity index is 1.62. The molecule has 0 bridgehead atoms. The average molecular weight is 379 g/mol. The molecule has 1 aromatic carbocycles. The molecule has 2 aliphatic rings. The number of rotatable bonds is 2. The van der Waals surface area contributed by atoms with Crippen molar-refractivity contribution in [2.75, 3.05) is 13.1 Å². The number of pyridine rings is 1. The van der Waals surface area contributed by atoms with Crippen molar-refractivity contribution >= 4 is 11.7 Å². The minimum atomic E-state index is -0.439. The fourth-order valence-corrected chi connectivity index (χ4v) is 4.40. The number of carbonyl (C=O) groups excluding carboxylic acids is 2. The zero-order valence-corrected chi connectivity index (χ0v) is 16.2. The summed E-state index contributed by atoms with van der Waals surface area (Å²) in [5.41, 5.74) is 7.85. The van der Waals surface area contributed by atoms with Gasteiger partial charge in [0, 0.05) is 42.7 Å². The number of H-pyrrole nitrogens is 1. The van der Waals surface area contributed by atoms with E-state index in [9.17, 15) is 14.4 Å². The lowest BCUT2D eigenvalue weighted by Crippen LogP contribution is -2.37. The number of nitrogens with zero attached hydrogens (tertiary/aromatic N) is 1. The standard InChI is InChI=1S/C22H25N3O3/c1-22(2)9-18-14(19(26)10-22)8-15(20(27)24-18)21(28)25-11-16(17(23)12-25)13-6-4-3-5-7-13/h3-8,16-17H,9-12,23H2,1-2H3,(H,24,27)/t16-,17+/m0/s1. The third-order valence-electron chi connectivity index (χ3n) is 5.83. The molecule has 6 nitrogen and oxygen atoms in total. The van der Waals surface area contributed by atoms with Gasteiger partial charge in [0.05, 0.1) is 0 Å². The average Bonchev–Trinajstić information content (AvgIpc) is 3.02. The number of likely N-dealkylation sites (tertiary alicyclic amines) is 1.